The molecule has 7 nitrogen and oxygen atoms in total. The molecule has 0 saturated heterocycles. The number of fused-ring (bicyclic) bond motifs is 3. The van der Waals surface area contributed by atoms with Gasteiger partial charge in [-0.05, 0) is 48.1 Å². The normalized spacial score (nSPS) is 14.0. The van der Waals surface area contributed by atoms with E-state index >= 15 is 0 Å². The number of carbonyl (C=O) groups excluding carboxylic acids is 1. The van der Waals surface area contributed by atoms with Gasteiger partial charge in [-0.1, -0.05) is 6.92 Å². The van der Waals surface area contributed by atoms with Crippen molar-refractivity contribution in [2.45, 2.75) is 45.3 Å². The maximum atomic E-state index is 13.1. The van der Waals surface area contributed by atoms with Crippen molar-refractivity contribution in [3.05, 3.63) is 63.8 Å². The molecule has 1 aliphatic rings. The fourth-order valence-electron chi connectivity index (χ4n) is 3.75. The summed E-state index contributed by atoms with van der Waals surface area (Å²) in [4.78, 5) is 33.1. The number of amides is 1. The van der Waals surface area contributed by atoms with Crippen molar-refractivity contribution in [1.29, 1.82) is 0 Å². The molecule has 1 aliphatic carbocycles. The lowest BCUT2D eigenvalue weighted by molar-refractivity contribution is -0.133. The van der Waals surface area contributed by atoms with Crippen molar-refractivity contribution in [2.75, 3.05) is 0 Å². The number of hydrogen-bond donors (Lipinski definition) is 0. The number of aromatic nitrogens is 4. The van der Waals surface area contributed by atoms with Crippen molar-refractivity contribution >= 4 is 33.0 Å². The summed E-state index contributed by atoms with van der Waals surface area (Å²) >= 11 is 1.59. The van der Waals surface area contributed by atoms with Crippen LogP contribution in [0.1, 0.15) is 31.2 Å². The van der Waals surface area contributed by atoms with Gasteiger partial charge in [0.15, 0.2) is 0 Å². The Bertz CT molecular complexity index is 1250. The summed E-state index contributed by atoms with van der Waals surface area (Å²) in [5.74, 6) is 0.718. The maximum Gasteiger partial charge on any atom is 0.291 e. The largest absolute Gasteiger partial charge is 0.334 e. The summed E-state index contributed by atoms with van der Waals surface area (Å²) < 4.78 is 3.26. The first kappa shape index (κ1) is 18.1. The van der Waals surface area contributed by atoms with Gasteiger partial charge in [0.05, 0.1) is 0 Å². The Morgan fingerprint density at radius 3 is 2.79 bits per heavy atom. The number of nitrogens with zero attached hydrogens (tertiary/aromatic N) is 5. The topological polar surface area (TPSA) is 72.5 Å². The molecule has 148 valence electrons. The molecule has 0 aliphatic heterocycles. The quantitative estimate of drug-likeness (QED) is 0.493. The molecule has 0 atom stereocenters. The zero-order valence-corrected chi connectivity index (χ0v) is 16.9. The van der Waals surface area contributed by atoms with Crippen LogP contribution in [0.5, 0.6) is 0 Å². The van der Waals surface area contributed by atoms with E-state index in [4.69, 9.17) is 0 Å². The second kappa shape index (κ2) is 7.11. The molecule has 0 radical (unpaired) electrons. The minimum atomic E-state index is -0.224. The average molecular weight is 407 g/mol. The minimum Gasteiger partial charge on any atom is -0.334 e. The van der Waals surface area contributed by atoms with E-state index in [1.807, 2.05) is 45.9 Å². The molecule has 0 aromatic carbocycles. The second-order valence-corrected chi connectivity index (χ2v) is 8.28. The predicted molar refractivity (Wildman–Crippen MR) is 112 cm³/mol. The first-order chi connectivity index (χ1) is 14.2. The molecule has 0 spiro atoms. The molecular weight excluding hydrogens is 386 g/mol. The van der Waals surface area contributed by atoms with E-state index in [1.165, 1.54) is 4.68 Å². The number of aryl methyl sites for hydroxylation is 1. The number of pyridine rings is 1. The summed E-state index contributed by atoms with van der Waals surface area (Å²) in [7, 11) is 0. The summed E-state index contributed by atoms with van der Waals surface area (Å²) in [5.41, 5.74) is 1.40. The highest BCUT2D eigenvalue weighted by atomic mass is 32.1. The number of hydrogen-bond acceptors (Lipinski definition) is 5. The third kappa shape index (κ3) is 3.23. The molecule has 4 aromatic rings. The van der Waals surface area contributed by atoms with E-state index in [0.29, 0.717) is 18.5 Å². The van der Waals surface area contributed by atoms with Gasteiger partial charge in [-0.25, -0.2) is 4.68 Å². The third-order valence-electron chi connectivity index (χ3n) is 5.37. The van der Waals surface area contributed by atoms with Gasteiger partial charge in [-0.3, -0.25) is 19.0 Å². The van der Waals surface area contributed by atoms with Gasteiger partial charge >= 0.3 is 0 Å². The highest BCUT2D eigenvalue weighted by molar-refractivity contribution is 7.16. The maximum absolute atomic E-state index is 13.1. The average Bonchev–Trinajstić information content (AvgIpc) is 3.36. The minimum absolute atomic E-state index is 0.0389. The molecule has 0 bridgehead atoms. The molecular formula is C21H21N5O2S. The van der Waals surface area contributed by atoms with Crippen LogP contribution in [0.3, 0.4) is 0 Å². The highest BCUT2D eigenvalue weighted by Gasteiger charge is 2.33. The first-order valence-corrected chi connectivity index (χ1v) is 10.7. The van der Waals surface area contributed by atoms with Gasteiger partial charge in [0.25, 0.3) is 5.56 Å². The molecule has 4 aromatic heterocycles. The summed E-state index contributed by atoms with van der Waals surface area (Å²) in [6.45, 7) is 2.51. The Morgan fingerprint density at radius 1 is 1.28 bits per heavy atom. The number of carbonyl (C=O) groups is 1. The van der Waals surface area contributed by atoms with E-state index in [9.17, 15) is 9.59 Å². The van der Waals surface area contributed by atoms with E-state index in [2.05, 4.69) is 10.1 Å². The lowest BCUT2D eigenvalue weighted by Crippen LogP contribution is -2.39. The molecule has 1 amide bonds. The SMILES string of the molecule is CCc1nn(CC(=O)N(Cc2ccncc2)C2CC2)c(=O)c2cc3ccsc3n12. The van der Waals surface area contributed by atoms with Crippen LogP contribution in [0.4, 0.5) is 0 Å². The van der Waals surface area contributed by atoms with Crippen LogP contribution in [0.2, 0.25) is 0 Å². The van der Waals surface area contributed by atoms with E-state index < -0.39 is 0 Å². The Morgan fingerprint density at radius 2 is 2.07 bits per heavy atom. The van der Waals surface area contributed by atoms with Gasteiger partial charge in [0, 0.05) is 36.8 Å². The summed E-state index contributed by atoms with van der Waals surface area (Å²) in [5, 5.41) is 7.59. The molecule has 1 fully saturated rings. The van der Waals surface area contributed by atoms with Crippen LogP contribution in [0, 0.1) is 0 Å². The van der Waals surface area contributed by atoms with E-state index in [0.717, 1.165) is 34.4 Å². The standard InChI is InChI=1S/C21H21N5O2S/c1-2-18-23-25(20(28)17-11-15-7-10-29-21(15)26(17)18)13-19(27)24(16-3-4-16)12-14-5-8-22-9-6-14/h5-11,16H,2-4,12-13H2,1H3. The van der Waals surface area contributed by atoms with Gasteiger partial charge < -0.3 is 4.90 Å². The summed E-state index contributed by atoms with van der Waals surface area (Å²) in [6, 6.07) is 7.99. The van der Waals surface area contributed by atoms with Crippen molar-refractivity contribution in [2.24, 2.45) is 0 Å². The Balaban J connectivity index is 1.49. The Kier molecular flexibility index (Phi) is 4.43. The van der Waals surface area contributed by atoms with Gasteiger partial charge in [-0.15, -0.1) is 11.3 Å². The molecule has 5 rings (SSSR count). The zero-order valence-electron chi connectivity index (χ0n) is 16.1. The number of thiophene rings is 1. The smallest absolute Gasteiger partial charge is 0.291 e. The summed E-state index contributed by atoms with van der Waals surface area (Å²) in [6.07, 6.45) is 6.16. The Hall–Kier alpha value is -3.00. The van der Waals surface area contributed by atoms with Crippen LogP contribution in [-0.4, -0.2) is 36.0 Å². The van der Waals surface area contributed by atoms with Crippen molar-refractivity contribution in [3.63, 3.8) is 0 Å². The highest BCUT2D eigenvalue weighted by Crippen LogP contribution is 2.29. The van der Waals surface area contributed by atoms with Crippen molar-refractivity contribution in [3.8, 4) is 0 Å². The molecule has 29 heavy (non-hydrogen) atoms. The van der Waals surface area contributed by atoms with E-state index in [-0.39, 0.29) is 24.1 Å². The molecule has 0 unspecified atom stereocenters. The van der Waals surface area contributed by atoms with Crippen LogP contribution >= 0.6 is 11.3 Å². The van der Waals surface area contributed by atoms with Gasteiger partial charge in [0.2, 0.25) is 5.91 Å². The van der Waals surface area contributed by atoms with Crippen LogP contribution in [0.15, 0.2) is 46.8 Å². The number of rotatable bonds is 6. The van der Waals surface area contributed by atoms with Crippen LogP contribution < -0.4 is 5.56 Å². The third-order valence-corrected chi connectivity index (χ3v) is 6.28. The fourth-order valence-corrected chi connectivity index (χ4v) is 4.66. The molecule has 8 heteroatoms. The van der Waals surface area contributed by atoms with Gasteiger partial charge in [0.1, 0.15) is 22.7 Å². The van der Waals surface area contributed by atoms with E-state index in [1.54, 1.807) is 23.7 Å². The van der Waals surface area contributed by atoms with Gasteiger partial charge in [-0.2, -0.15) is 5.10 Å². The van der Waals surface area contributed by atoms with Crippen molar-refractivity contribution in [1.82, 2.24) is 24.1 Å². The molecule has 1 saturated carbocycles. The zero-order chi connectivity index (χ0) is 20.0. The lowest BCUT2D eigenvalue weighted by atomic mass is 10.2. The molecule has 4 heterocycles. The molecule has 0 N–H and O–H groups in total. The lowest BCUT2D eigenvalue weighted by Gasteiger charge is -2.23. The fraction of sp³-hybridized carbons (Fsp3) is 0.333. The van der Waals surface area contributed by atoms with Crippen LogP contribution in [0.25, 0.3) is 15.7 Å². The van der Waals surface area contributed by atoms with Crippen molar-refractivity contribution < 1.29 is 4.79 Å². The van der Waals surface area contributed by atoms with Crippen LogP contribution in [-0.2, 0) is 24.3 Å². The predicted octanol–water partition coefficient (Wildman–Crippen LogP) is 2.86. The first-order valence-electron chi connectivity index (χ1n) is 9.82. The Labute approximate surface area is 171 Å². The second-order valence-electron chi connectivity index (χ2n) is 7.39. The monoisotopic (exact) mass is 407 g/mol.